The molecule has 5 heteroatoms. The van der Waals surface area contributed by atoms with Gasteiger partial charge in [0.25, 0.3) is 0 Å². The van der Waals surface area contributed by atoms with Gasteiger partial charge in [-0.2, -0.15) is 0 Å². The fourth-order valence-corrected chi connectivity index (χ4v) is 3.61. The van der Waals surface area contributed by atoms with Crippen LogP contribution in [0.1, 0.15) is 28.0 Å². The average molecular weight is 325 g/mol. The number of hydrogen-bond acceptors (Lipinski definition) is 5. The van der Waals surface area contributed by atoms with E-state index in [2.05, 4.69) is 23.2 Å². The lowest BCUT2D eigenvalue weighted by Gasteiger charge is -2.24. The Hall–Kier alpha value is -2.40. The first-order chi connectivity index (χ1) is 11.3. The highest BCUT2D eigenvalue weighted by Crippen LogP contribution is 2.26. The number of thiazole rings is 1. The van der Waals surface area contributed by atoms with E-state index >= 15 is 0 Å². The summed E-state index contributed by atoms with van der Waals surface area (Å²) >= 11 is 1.38. The van der Waals surface area contributed by atoms with E-state index in [0.717, 1.165) is 19.3 Å². The summed E-state index contributed by atoms with van der Waals surface area (Å²) in [7, 11) is 0. The molecule has 0 bridgehead atoms. The predicted molar refractivity (Wildman–Crippen MR) is 87.5 cm³/mol. The SMILES string of the molecule is O=C(OC1CCc2ccccc2C1)c1csc(-c2ccco2)n1. The van der Waals surface area contributed by atoms with Crippen molar-refractivity contribution in [2.24, 2.45) is 0 Å². The molecule has 4 rings (SSSR count). The lowest BCUT2D eigenvalue weighted by molar-refractivity contribution is 0.0265. The van der Waals surface area contributed by atoms with Gasteiger partial charge in [-0.05, 0) is 36.1 Å². The zero-order valence-electron chi connectivity index (χ0n) is 12.4. The van der Waals surface area contributed by atoms with Crippen molar-refractivity contribution in [3.05, 3.63) is 64.9 Å². The highest BCUT2D eigenvalue weighted by molar-refractivity contribution is 7.13. The Balaban J connectivity index is 1.45. The number of carbonyl (C=O) groups excluding carboxylic acids is 1. The van der Waals surface area contributed by atoms with Gasteiger partial charge >= 0.3 is 5.97 Å². The highest BCUT2D eigenvalue weighted by Gasteiger charge is 2.23. The fourth-order valence-electron chi connectivity index (χ4n) is 2.86. The molecule has 1 aliphatic rings. The van der Waals surface area contributed by atoms with Crippen LogP contribution < -0.4 is 0 Å². The first kappa shape index (κ1) is 14.2. The van der Waals surface area contributed by atoms with Crippen LogP contribution in [0.2, 0.25) is 0 Å². The Kier molecular flexibility index (Phi) is 3.71. The zero-order valence-corrected chi connectivity index (χ0v) is 13.2. The van der Waals surface area contributed by atoms with Crippen molar-refractivity contribution < 1.29 is 13.9 Å². The number of furan rings is 1. The fraction of sp³-hybridized carbons (Fsp3) is 0.222. The van der Waals surface area contributed by atoms with E-state index in [9.17, 15) is 4.79 Å². The molecule has 1 atom stereocenters. The van der Waals surface area contributed by atoms with E-state index in [1.54, 1.807) is 17.7 Å². The lowest BCUT2D eigenvalue weighted by Crippen LogP contribution is -2.25. The van der Waals surface area contributed by atoms with E-state index < -0.39 is 0 Å². The smallest absolute Gasteiger partial charge is 0.358 e. The molecular formula is C18H15NO3S. The molecule has 1 aliphatic carbocycles. The van der Waals surface area contributed by atoms with Gasteiger partial charge in [-0.1, -0.05) is 24.3 Å². The largest absolute Gasteiger partial charge is 0.462 e. The number of ether oxygens (including phenoxy) is 1. The van der Waals surface area contributed by atoms with Crippen molar-refractivity contribution in [1.29, 1.82) is 0 Å². The maximum Gasteiger partial charge on any atom is 0.358 e. The molecule has 0 radical (unpaired) electrons. The summed E-state index contributed by atoms with van der Waals surface area (Å²) in [5.41, 5.74) is 2.97. The van der Waals surface area contributed by atoms with Crippen LogP contribution in [-0.4, -0.2) is 17.1 Å². The van der Waals surface area contributed by atoms with Crippen molar-refractivity contribution >= 4 is 17.3 Å². The molecule has 0 amide bonds. The second-order valence-electron chi connectivity index (χ2n) is 5.55. The Morgan fingerprint density at radius 1 is 1.22 bits per heavy atom. The third kappa shape index (κ3) is 2.92. The van der Waals surface area contributed by atoms with Crippen LogP contribution in [0.3, 0.4) is 0 Å². The topological polar surface area (TPSA) is 52.3 Å². The summed E-state index contributed by atoms with van der Waals surface area (Å²) in [6, 6.07) is 12.0. The number of fused-ring (bicyclic) bond motifs is 1. The van der Waals surface area contributed by atoms with E-state index in [-0.39, 0.29) is 12.1 Å². The first-order valence-electron chi connectivity index (χ1n) is 7.57. The minimum atomic E-state index is -0.358. The number of carbonyl (C=O) groups is 1. The summed E-state index contributed by atoms with van der Waals surface area (Å²) in [6.07, 6.45) is 4.10. The Morgan fingerprint density at radius 2 is 2.09 bits per heavy atom. The van der Waals surface area contributed by atoms with Gasteiger partial charge in [0, 0.05) is 11.8 Å². The first-order valence-corrected chi connectivity index (χ1v) is 8.45. The molecule has 0 N–H and O–H groups in total. The van der Waals surface area contributed by atoms with Gasteiger partial charge in [0.05, 0.1) is 6.26 Å². The van der Waals surface area contributed by atoms with Gasteiger partial charge in [0.1, 0.15) is 6.10 Å². The highest BCUT2D eigenvalue weighted by atomic mass is 32.1. The van der Waals surface area contributed by atoms with E-state index in [4.69, 9.17) is 9.15 Å². The van der Waals surface area contributed by atoms with Crippen LogP contribution in [-0.2, 0) is 17.6 Å². The van der Waals surface area contributed by atoms with E-state index in [1.165, 1.54) is 22.5 Å². The van der Waals surface area contributed by atoms with Crippen molar-refractivity contribution in [2.75, 3.05) is 0 Å². The lowest BCUT2D eigenvalue weighted by atomic mass is 9.90. The second-order valence-corrected chi connectivity index (χ2v) is 6.41. The Bertz CT molecular complexity index is 822. The van der Waals surface area contributed by atoms with Crippen LogP contribution in [0.25, 0.3) is 10.8 Å². The molecule has 0 saturated carbocycles. The molecule has 0 aliphatic heterocycles. The van der Waals surface area contributed by atoms with Crippen LogP contribution in [0, 0.1) is 0 Å². The van der Waals surface area contributed by atoms with Crippen molar-refractivity contribution in [3.63, 3.8) is 0 Å². The molecule has 0 fully saturated rings. The number of hydrogen-bond donors (Lipinski definition) is 0. The van der Waals surface area contributed by atoms with Crippen molar-refractivity contribution in [1.82, 2.24) is 4.98 Å². The molecule has 4 nitrogen and oxygen atoms in total. The van der Waals surface area contributed by atoms with Crippen molar-refractivity contribution in [2.45, 2.75) is 25.4 Å². The summed E-state index contributed by atoms with van der Waals surface area (Å²) in [5.74, 6) is 0.309. The Labute approximate surface area is 137 Å². The van der Waals surface area contributed by atoms with Gasteiger partial charge in [-0.3, -0.25) is 0 Å². The van der Waals surface area contributed by atoms with E-state index in [1.807, 2.05) is 12.1 Å². The second kappa shape index (κ2) is 6.01. The number of aryl methyl sites for hydroxylation is 1. The standard InChI is InChI=1S/C18H15NO3S/c20-18(15-11-23-17(19-15)16-6-3-9-21-16)22-14-8-7-12-4-1-2-5-13(12)10-14/h1-6,9,11,14H,7-8,10H2. The number of benzene rings is 1. The number of nitrogens with zero attached hydrogens (tertiary/aromatic N) is 1. The van der Waals surface area contributed by atoms with Crippen LogP contribution in [0.15, 0.2) is 52.5 Å². The number of aromatic nitrogens is 1. The monoisotopic (exact) mass is 325 g/mol. The molecule has 116 valence electrons. The van der Waals surface area contributed by atoms with Crippen LogP contribution in [0.5, 0.6) is 0 Å². The molecule has 23 heavy (non-hydrogen) atoms. The van der Waals surface area contributed by atoms with Gasteiger partial charge < -0.3 is 9.15 Å². The number of esters is 1. The maximum atomic E-state index is 12.3. The summed E-state index contributed by atoms with van der Waals surface area (Å²) in [5, 5.41) is 2.41. The van der Waals surface area contributed by atoms with Gasteiger partial charge in [-0.15, -0.1) is 11.3 Å². The minimum absolute atomic E-state index is 0.0776. The normalized spacial score (nSPS) is 16.8. The van der Waals surface area contributed by atoms with Gasteiger partial charge in [0.2, 0.25) is 0 Å². The predicted octanol–water partition coefficient (Wildman–Crippen LogP) is 4.12. The molecule has 1 unspecified atom stereocenters. The third-order valence-electron chi connectivity index (χ3n) is 4.02. The summed E-state index contributed by atoms with van der Waals surface area (Å²) in [4.78, 5) is 16.6. The van der Waals surface area contributed by atoms with E-state index in [0.29, 0.717) is 16.5 Å². The summed E-state index contributed by atoms with van der Waals surface area (Å²) < 4.78 is 10.9. The molecule has 0 saturated heterocycles. The summed E-state index contributed by atoms with van der Waals surface area (Å²) in [6.45, 7) is 0. The molecule has 2 aromatic heterocycles. The molecule has 0 spiro atoms. The average Bonchev–Trinajstić information content (AvgIpc) is 3.26. The molecular weight excluding hydrogens is 310 g/mol. The molecule has 1 aromatic carbocycles. The number of rotatable bonds is 3. The minimum Gasteiger partial charge on any atom is -0.462 e. The maximum absolute atomic E-state index is 12.3. The molecule has 2 heterocycles. The quantitative estimate of drug-likeness (QED) is 0.680. The van der Waals surface area contributed by atoms with Crippen LogP contribution in [0.4, 0.5) is 0 Å². The van der Waals surface area contributed by atoms with Crippen LogP contribution >= 0.6 is 11.3 Å². The third-order valence-corrected chi connectivity index (χ3v) is 4.88. The van der Waals surface area contributed by atoms with Gasteiger partial charge in [-0.25, -0.2) is 9.78 Å². The zero-order chi connectivity index (χ0) is 15.6. The van der Waals surface area contributed by atoms with Crippen molar-refractivity contribution in [3.8, 4) is 10.8 Å². The van der Waals surface area contributed by atoms with Gasteiger partial charge in [0.15, 0.2) is 16.5 Å². The molecule has 3 aromatic rings. The Morgan fingerprint density at radius 3 is 2.91 bits per heavy atom.